The van der Waals surface area contributed by atoms with E-state index >= 15 is 0 Å². The lowest BCUT2D eigenvalue weighted by molar-refractivity contribution is 0.340. The van der Waals surface area contributed by atoms with Crippen molar-refractivity contribution in [3.63, 3.8) is 0 Å². The van der Waals surface area contributed by atoms with Crippen LogP contribution in [-0.2, 0) is 0 Å². The summed E-state index contributed by atoms with van der Waals surface area (Å²) in [4.78, 5) is 9.77. The van der Waals surface area contributed by atoms with Crippen molar-refractivity contribution in [1.82, 2.24) is 0 Å². The molecule has 17 rings (SSSR count). The lowest BCUT2D eigenvalue weighted by Crippen LogP contribution is -2.65. The van der Waals surface area contributed by atoms with Gasteiger partial charge < -0.3 is 29.4 Å². The highest BCUT2D eigenvalue weighted by Crippen LogP contribution is 2.52. The van der Waals surface area contributed by atoms with E-state index in [1.165, 1.54) is 24.0 Å². The summed E-state index contributed by atoms with van der Waals surface area (Å²) in [6.45, 7) is -1.47. The standard InChI is InChI=1S/C79H68B2N6/c1-55-45-47-63(48-46-55)83(58-31-13-4-14-32-58)65-50-75-79-77(52-65)87(62-39-21-8-22-40-62)73-54-72-68(53-69(73)81(79)67-42-24-26-44-71(67)85(75)60-35-17-6-18-36-60)80-66-41-23-25-43-70(66)84(59-33-15-5-16-34-59)74-49-64(51-76(78(74)80)86(72)61-37-19-7-20-38-61)82(56-27-9-2-10-28-56)57-29-11-3-12-30-57/h4-8,13-26,31-54,56-57H,2-3,9-12,27-30H2,1H3/i4D,5D,6D,13D,14D,15D,16D,17D,18D,23D,24D,25D,26D,31D,32D,33D,34D,35D,36D,41D,42D,43D,44D,45D,46D,47D,48D. The predicted molar refractivity (Wildman–Crippen MR) is 370 cm³/mol. The summed E-state index contributed by atoms with van der Waals surface area (Å²) in [5, 5.41) is 0. The van der Waals surface area contributed by atoms with Crippen LogP contribution in [0.4, 0.5) is 91.0 Å². The first-order chi connectivity index (χ1) is 54.3. The van der Waals surface area contributed by atoms with Crippen LogP contribution < -0.4 is 62.2 Å². The van der Waals surface area contributed by atoms with Gasteiger partial charge in [0.25, 0.3) is 13.4 Å². The molecule has 0 aromatic heterocycles. The fraction of sp³-hybridized carbons (Fsp3) is 0.165. The molecule has 0 N–H and O–H groups in total. The van der Waals surface area contributed by atoms with Gasteiger partial charge in [-0.1, -0.05) is 189 Å². The average molecular weight is 1150 g/mol. The Bertz CT molecular complexity index is 5840. The van der Waals surface area contributed by atoms with Crippen molar-refractivity contribution in [3.8, 4) is 0 Å². The number of hydrogen-bond acceptors (Lipinski definition) is 6. The molecule has 11 aromatic rings. The van der Waals surface area contributed by atoms with Gasteiger partial charge in [-0.25, -0.2) is 0 Å². The van der Waals surface area contributed by atoms with E-state index < -0.39 is 205 Å². The molecule has 0 unspecified atom stereocenters. The van der Waals surface area contributed by atoms with Gasteiger partial charge >= 0.3 is 0 Å². The van der Waals surface area contributed by atoms with E-state index in [2.05, 4.69) is 11.0 Å². The van der Waals surface area contributed by atoms with Gasteiger partial charge in [0.2, 0.25) is 0 Å². The number of fused-ring (bicyclic) bond motifs is 8. The predicted octanol–water partition coefficient (Wildman–Crippen LogP) is 17.1. The molecule has 11 aromatic carbocycles. The van der Waals surface area contributed by atoms with Crippen LogP contribution in [0.15, 0.2) is 260 Å². The first kappa shape index (κ1) is 31.1. The minimum atomic E-state index is -1.52. The van der Waals surface area contributed by atoms with Crippen LogP contribution in [0.25, 0.3) is 0 Å². The van der Waals surface area contributed by atoms with E-state index in [4.69, 9.17) is 4.11 Å². The SMILES string of the molecule is [2H]c1c([2H])c([2H])c(N(c2cc3c4c(c2)N(c2c([2H])c([2H])c([2H])c([2H])c2[2H])c2c([2H])c([2H])c([2H])c([2H])c2B4c2cc4c(cc2N3c2ccccc2)N(c2ccccc2)c2cc(N(C3CCCCC3)C3CCCCC3)cc3c2B4c2c([2H])c([2H])c([2H])c([2H])c2N3c2c([2H])c([2H])c([2H])c([2H])c2[2H])c2c([2H])c([2H])c(C)c([2H])c2[2H])c([2H])c1[2H]. The molecule has 420 valence electrons. The Morgan fingerprint density at radius 1 is 0.333 bits per heavy atom. The summed E-state index contributed by atoms with van der Waals surface area (Å²) < 4.78 is 259. The van der Waals surface area contributed by atoms with Crippen LogP contribution in [0.3, 0.4) is 0 Å². The molecule has 2 saturated carbocycles. The zero-order valence-electron chi connectivity index (χ0n) is 74.3. The maximum absolute atomic E-state index is 10.4. The van der Waals surface area contributed by atoms with Crippen LogP contribution >= 0.6 is 0 Å². The maximum Gasteiger partial charge on any atom is 0.252 e. The molecular formula is C79H68B2N6. The summed E-state index contributed by atoms with van der Waals surface area (Å²) in [5.41, 5.74) is 0.00692. The van der Waals surface area contributed by atoms with Crippen molar-refractivity contribution < 1.29 is 37.0 Å². The number of nitrogens with zero attached hydrogens (tertiary/aromatic N) is 6. The summed E-state index contributed by atoms with van der Waals surface area (Å²) in [7, 11) is 0. The fourth-order valence-corrected chi connectivity index (χ4v) is 14.6. The van der Waals surface area contributed by atoms with E-state index in [9.17, 15) is 32.9 Å². The molecule has 4 heterocycles. The Labute approximate surface area is 551 Å². The molecule has 2 fully saturated rings. The van der Waals surface area contributed by atoms with Gasteiger partial charge in [0, 0.05) is 97.4 Å². The molecule has 0 spiro atoms. The van der Waals surface area contributed by atoms with Crippen LogP contribution in [0.2, 0.25) is 0 Å². The lowest BCUT2D eigenvalue weighted by Gasteiger charge is -2.48. The highest BCUT2D eigenvalue weighted by atomic mass is 15.2. The average Bonchev–Trinajstić information content (AvgIpc) is 0.675. The molecule has 87 heavy (non-hydrogen) atoms. The van der Waals surface area contributed by atoms with Gasteiger partial charge in [-0.15, -0.1) is 0 Å². The van der Waals surface area contributed by atoms with E-state index in [-0.39, 0.29) is 73.6 Å². The molecule has 4 aliphatic heterocycles. The lowest BCUT2D eigenvalue weighted by atomic mass is 9.30. The van der Waals surface area contributed by atoms with Crippen molar-refractivity contribution in [3.05, 3.63) is 266 Å². The zero-order chi connectivity index (χ0) is 81.0. The first-order valence-corrected chi connectivity index (χ1v) is 29.7. The van der Waals surface area contributed by atoms with E-state index in [0.717, 1.165) is 74.0 Å². The van der Waals surface area contributed by atoms with Crippen LogP contribution in [-0.4, -0.2) is 25.5 Å². The quantitative estimate of drug-likeness (QED) is 0.126. The topological polar surface area (TPSA) is 19.4 Å². The zero-order valence-corrected chi connectivity index (χ0v) is 47.3. The highest BCUT2D eigenvalue weighted by molar-refractivity contribution is 7.03. The van der Waals surface area contributed by atoms with Gasteiger partial charge in [0.05, 0.1) is 42.7 Å². The second-order valence-corrected chi connectivity index (χ2v) is 22.9. The highest BCUT2D eigenvalue weighted by Gasteiger charge is 2.49. The van der Waals surface area contributed by atoms with Gasteiger partial charge in [-0.2, -0.15) is 0 Å². The fourth-order valence-electron chi connectivity index (χ4n) is 14.6. The third-order valence-electron chi connectivity index (χ3n) is 18.1. The second-order valence-electron chi connectivity index (χ2n) is 22.9. The molecule has 0 saturated heterocycles. The summed E-state index contributed by atoms with van der Waals surface area (Å²) in [6, 6.07) is 8.28. The molecule has 0 bridgehead atoms. The van der Waals surface area contributed by atoms with Crippen molar-refractivity contribution in [2.24, 2.45) is 0 Å². The Morgan fingerprint density at radius 2 is 0.724 bits per heavy atom. The minimum Gasteiger partial charge on any atom is -0.365 e. The Kier molecular flexibility index (Phi) is 7.65. The number of benzene rings is 11. The van der Waals surface area contributed by atoms with Crippen LogP contribution in [0, 0.1) is 6.92 Å². The first-order valence-electron chi connectivity index (χ1n) is 43.2. The third kappa shape index (κ3) is 8.54. The summed E-state index contributed by atoms with van der Waals surface area (Å²) in [6.07, 6.45) is 9.12. The maximum atomic E-state index is 10.4. The van der Waals surface area contributed by atoms with Crippen LogP contribution in [0.5, 0.6) is 0 Å². The third-order valence-corrected chi connectivity index (χ3v) is 18.1. The van der Waals surface area contributed by atoms with Crippen molar-refractivity contribution >= 4 is 137 Å². The largest absolute Gasteiger partial charge is 0.365 e. The monoisotopic (exact) mass is 1150 g/mol. The molecule has 2 aliphatic carbocycles. The number of rotatable bonds is 10. The molecule has 0 radical (unpaired) electrons. The molecule has 6 nitrogen and oxygen atoms in total. The van der Waals surface area contributed by atoms with E-state index in [1.54, 1.807) is 41.3 Å². The Balaban J connectivity index is 1.08. The summed E-state index contributed by atoms with van der Waals surface area (Å²) >= 11 is 0. The van der Waals surface area contributed by atoms with Gasteiger partial charge in [0.15, 0.2) is 0 Å². The second kappa shape index (κ2) is 21.4. The van der Waals surface area contributed by atoms with Crippen LogP contribution in [0.1, 0.15) is 107 Å². The van der Waals surface area contributed by atoms with Crippen molar-refractivity contribution in [2.45, 2.75) is 83.2 Å². The molecule has 0 atom stereocenters. The Morgan fingerprint density at radius 3 is 1.18 bits per heavy atom. The van der Waals surface area contributed by atoms with E-state index in [1.807, 2.05) is 47.4 Å². The molecule has 0 amide bonds. The van der Waals surface area contributed by atoms with Gasteiger partial charge in [-0.05, 0) is 180 Å². The van der Waals surface area contributed by atoms with E-state index in [0.29, 0.717) is 39.4 Å². The smallest absolute Gasteiger partial charge is 0.252 e. The molecule has 8 heteroatoms. The minimum absolute atomic E-state index is 0.00480. The molecule has 6 aliphatic rings. The van der Waals surface area contributed by atoms with Gasteiger partial charge in [-0.3, -0.25) is 0 Å². The van der Waals surface area contributed by atoms with Gasteiger partial charge in [0.1, 0.15) is 0 Å². The van der Waals surface area contributed by atoms with Crippen molar-refractivity contribution in [2.75, 3.05) is 29.4 Å². The Hall–Kier alpha value is -9.65. The number of hydrogen-bond donors (Lipinski definition) is 0. The normalized spacial score (nSPS) is 20.0. The molecular weight excluding hydrogens is 1050 g/mol. The number of anilines is 16. The summed E-state index contributed by atoms with van der Waals surface area (Å²) in [5.74, 6) is 0. The van der Waals surface area contributed by atoms with Crippen molar-refractivity contribution in [1.29, 1.82) is 0 Å². The number of para-hydroxylation sites is 7.